The molecular weight excluding hydrogens is 327 g/mol. The van der Waals surface area contributed by atoms with E-state index < -0.39 is 23.2 Å². The number of amides is 1. The second kappa shape index (κ2) is 6.99. The molecule has 1 amide bonds. The van der Waals surface area contributed by atoms with E-state index in [9.17, 15) is 22.8 Å². The van der Waals surface area contributed by atoms with Crippen LogP contribution in [0.4, 0.5) is 13.2 Å². The lowest BCUT2D eigenvalue weighted by Crippen LogP contribution is -2.22. The van der Waals surface area contributed by atoms with Crippen LogP contribution in [-0.4, -0.2) is 22.0 Å². The summed E-state index contributed by atoms with van der Waals surface area (Å²) in [5.74, 6) is -0.518. The van der Waals surface area contributed by atoms with Gasteiger partial charge in [0.15, 0.2) is 0 Å². The average Bonchev–Trinajstić information content (AvgIpc) is 2.54. The molecule has 0 bridgehead atoms. The molecule has 1 aromatic heterocycles. The molecule has 0 saturated carbocycles. The van der Waals surface area contributed by atoms with Crippen molar-refractivity contribution in [3.05, 3.63) is 69.6 Å². The van der Waals surface area contributed by atoms with Crippen LogP contribution in [0.2, 0.25) is 0 Å². The van der Waals surface area contributed by atoms with E-state index in [0.717, 1.165) is 29.2 Å². The lowest BCUT2D eigenvalue weighted by Gasteiger charge is -2.11. The summed E-state index contributed by atoms with van der Waals surface area (Å²) >= 11 is 0. The zero-order chi connectivity index (χ0) is 17.7. The lowest BCUT2D eigenvalue weighted by molar-refractivity contribution is -0.138. The highest BCUT2D eigenvalue weighted by atomic mass is 19.4. The van der Waals surface area contributed by atoms with Gasteiger partial charge in [-0.05, 0) is 23.8 Å². The number of alkyl halides is 3. The molecule has 0 spiro atoms. The molecule has 1 aromatic carbocycles. The monoisotopic (exact) mass is 339 g/mol. The van der Waals surface area contributed by atoms with Crippen LogP contribution in [0.15, 0.2) is 52.5 Å². The van der Waals surface area contributed by atoms with Gasteiger partial charge in [-0.3, -0.25) is 9.59 Å². The SMILES string of the molecule is O=C(NC=NO)c1ccc(Cn2cc(C(F)(F)F)ccc2=O)cc1. The normalized spacial score (nSPS) is 11.6. The third-order valence-electron chi connectivity index (χ3n) is 3.13. The molecule has 0 aliphatic carbocycles. The lowest BCUT2D eigenvalue weighted by atomic mass is 10.1. The number of aromatic nitrogens is 1. The summed E-state index contributed by atoms with van der Waals surface area (Å²) in [6.07, 6.45) is -2.98. The Labute approximate surface area is 133 Å². The molecule has 0 radical (unpaired) electrons. The summed E-state index contributed by atoms with van der Waals surface area (Å²) in [5.41, 5.74) is -0.677. The Morgan fingerprint density at radius 3 is 2.46 bits per heavy atom. The van der Waals surface area contributed by atoms with Crippen molar-refractivity contribution in [3.63, 3.8) is 0 Å². The number of carbonyl (C=O) groups excluding carboxylic acids is 1. The van der Waals surface area contributed by atoms with Crippen LogP contribution < -0.4 is 10.9 Å². The first-order valence-corrected chi connectivity index (χ1v) is 6.64. The van der Waals surface area contributed by atoms with Crippen molar-refractivity contribution in [3.8, 4) is 0 Å². The molecule has 9 heteroatoms. The Morgan fingerprint density at radius 2 is 1.88 bits per heavy atom. The molecule has 1 heterocycles. The minimum absolute atomic E-state index is 0.0667. The highest BCUT2D eigenvalue weighted by Gasteiger charge is 2.31. The van der Waals surface area contributed by atoms with Gasteiger partial charge in [-0.15, -0.1) is 0 Å². The van der Waals surface area contributed by atoms with Crippen LogP contribution in [0.1, 0.15) is 21.5 Å². The van der Waals surface area contributed by atoms with Gasteiger partial charge in [0, 0.05) is 17.8 Å². The number of nitrogens with one attached hydrogen (secondary N) is 1. The number of hydrogen-bond donors (Lipinski definition) is 2. The molecule has 0 aliphatic heterocycles. The van der Waals surface area contributed by atoms with Crippen LogP contribution in [-0.2, 0) is 12.7 Å². The Morgan fingerprint density at radius 1 is 1.21 bits per heavy atom. The summed E-state index contributed by atoms with van der Waals surface area (Å²) in [4.78, 5) is 23.3. The van der Waals surface area contributed by atoms with E-state index in [4.69, 9.17) is 5.21 Å². The summed E-state index contributed by atoms with van der Waals surface area (Å²) in [6.45, 7) is -0.0667. The average molecular weight is 339 g/mol. The van der Waals surface area contributed by atoms with Crippen molar-refractivity contribution in [2.45, 2.75) is 12.7 Å². The van der Waals surface area contributed by atoms with Gasteiger partial charge in [0.1, 0.15) is 6.34 Å². The Balaban J connectivity index is 2.20. The van der Waals surface area contributed by atoms with Crippen molar-refractivity contribution >= 4 is 12.2 Å². The molecule has 24 heavy (non-hydrogen) atoms. The topological polar surface area (TPSA) is 83.7 Å². The fourth-order valence-corrected chi connectivity index (χ4v) is 1.95. The number of halogens is 3. The maximum atomic E-state index is 12.7. The zero-order valence-corrected chi connectivity index (χ0v) is 12.1. The summed E-state index contributed by atoms with van der Waals surface area (Å²) < 4.78 is 39.0. The van der Waals surface area contributed by atoms with E-state index in [2.05, 4.69) is 10.5 Å². The number of benzene rings is 1. The van der Waals surface area contributed by atoms with E-state index in [1.165, 1.54) is 24.3 Å². The summed E-state index contributed by atoms with van der Waals surface area (Å²) in [5, 5.41) is 13.0. The largest absolute Gasteiger partial charge is 0.417 e. The van der Waals surface area contributed by atoms with E-state index in [1.54, 1.807) is 0 Å². The number of pyridine rings is 1. The van der Waals surface area contributed by atoms with Gasteiger partial charge in [0.2, 0.25) is 0 Å². The van der Waals surface area contributed by atoms with Crippen molar-refractivity contribution in [1.29, 1.82) is 0 Å². The highest BCUT2D eigenvalue weighted by molar-refractivity contribution is 6.00. The van der Waals surface area contributed by atoms with Gasteiger partial charge < -0.3 is 15.1 Å². The van der Waals surface area contributed by atoms with E-state index in [-0.39, 0.29) is 12.1 Å². The van der Waals surface area contributed by atoms with E-state index in [0.29, 0.717) is 5.56 Å². The Bertz CT molecular complexity index is 811. The molecule has 126 valence electrons. The fourth-order valence-electron chi connectivity index (χ4n) is 1.95. The molecule has 6 nitrogen and oxygen atoms in total. The maximum Gasteiger partial charge on any atom is 0.417 e. The molecule has 0 atom stereocenters. The van der Waals surface area contributed by atoms with Crippen LogP contribution in [0.25, 0.3) is 0 Å². The molecule has 2 aromatic rings. The summed E-state index contributed by atoms with van der Waals surface area (Å²) in [6, 6.07) is 7.49. The summed E-state index contributed by atoms with van der Waals surface area (Å²) in [7, 11) is 0. The second-order valence-corrected chi connectivity index (χ2v) is 4.80. The van der Waals surface area contributed by atoms with Crippen molar-refractivity contribution in [2.24, 2.45) is 5.16 Å². The molecule has 2 N–H and O–H groups in total. The quantitative estimate of drug-likeness (QED) is 0.387. The van der Waals surface area contributed by atoms with Gasteiger partial charge >= 0.3 is 6.18 Å². The van der Waals surface area contributed by atoms with Gasteiger partial charge in [0.25, 0.3) is 11.5 Å². The second-order valence-electron chi connectivity index (χ2n) is 4.80. The number of carbonyl (C=O) groups is 1. The van der Waals surface area contributed by atoms with Crippen LogP contribution in [0.5, 0.6) is 0 Å². The van der Waals surface area contributed by atoms with Crippen LogP contribution in [0.3, 0.4) is 0 Å². The van der Waals surface area contributed by atoms with Crippen LogP contribution in [0, 0.1) is 0 Å². The Kier molecular flexibility index (Phi) is 5.02. The van der Waals surface area contributed by atoms with Gasteiger partial charge in [-0.2, -0.15) is 13.2 Å². The third-order valence-corrected chi connectivity index (χ3v) is 3.13. The van der Waals surface area contributed by atoms with Gasteiger partial charge in [-0.1, -0.05) is 17.3 Å². The number of oxime groups is 1. The minimum atomic E-state index is -4.54. The first-order valence-electron chi connectivity index (χ1n) is 6.64. The predicted molar refractivity (Wildman–Crippen MR) is 79.0 cm³/mol. The van der Waals surface area contributed by atoms with Crippen molar-refractivity contribution < 1.29 is 23.2 Å². The maximum absolute atomic E-state index is 12.7. The van der Waals surface area contributed by atoms with Crippen molar-refractivity contribution in [1.82, 2.24) is 9.88 Å². The molecule has 0 saturated heterocycles. The molecule has 0 unspecified atom stereocenters. The number of hydrogen-bond acceptors (Lipinski definition) is 4. The Hall–Kier alpha value is -3.10. The minimum Gasteiger partial charge on any atom is -0.410 e. The standard InChI is InChI=1S/C15H12F3N3O3/c16-15(17,18)12-5-6-13(22)21(8-12)7-10-1-3-11(4-2-10)14(23)19-9-20-24/h1-6,8-9,24H,7H2,(H,19,20,23). The van der Waals surface area contributed by atoms with E-state index >= 15 is 0 Å². The van der Waals surface area contributed by atoms with Crippen molar-refractivity contribution in [2.75, 3.05) is 0 Å². The fraction of sp³-hybridized carbons (Fsp3) is 0.133. The van der Waals surface area contributed by atoms with E-state index in [1.807, 2.05) is 0 Å². The number of rotatable bonds is 4. The van der Waals surface area contributed by atoms with Crippen LogP contribution >= 0.6 is 0 Å². The molecular formula is C15H12F3N3O3. The van der Waals surface area contributed by atoms with Gasteiger partial charge in [-0.25, -0.2) is 0 Å². The number of nitrogens with zero attached hydrogens (tertiary/aromatic N) is 2. The predicted octanol–water partition coefficient (Wildman–Crippen LogP) is 2.06. The first kappa shape index (κ1) is 17.3. The highest BCUT2D eigenvalue weighted by Crippen LogP contribution is 2.28. The van der Waals surface area contributed by atoms with Gasteiger partial charge in [0.05, 0.1) is 12.1 Å². The molecule has 0 fully saturated rings. The zero-order valence-electron chi connectivity index (χ0n) is 12.1. The first-order chi connectivity index (χ1) is 11.3. The molecule has 0 aliphatic rings. The smallest absolute Gasteiger partial charge is 0.410 e. The molecule has 2 rings (SSSR count). The third kappa shape index (κ3) is 4.22.